The minimum atomic E-state index is 0.607. The van der Waals surface area contributed by atoms with E-state index in [0.717, 1.165) is 5.57 Å². The number of amides is 1. The molecule has 0 fully saturated rings. The van der Waals surface area contributed by atoms with E-state index in [-0.39, 0.29) is 0 Å². The monoisotopic (exact) mass is 125 g/mol. The van der Waals surface area contributed by atoms with Gasteiger partial charge in [0.15, 0.2) is 0 Å². The van der Waals surface area contributed by atoms with Crippen molar-refractivity contribution in [1.29, 1.82) is 0 Å². The number of hydrogen-bond acceptors (Lipinski definition) is 1. The summed E-state index contributed by atoms with van der Waals surface area (Å²) in [6.45, 7) is 6.05. The average molecular weight is 125 g/mol. The van der Waals surface area contributed by atoms with Gasteiger partial charge >= 0.3 is 0 Å². The molecular weight excluding hydrogens is 114 g/mol. The second-order valence-electron chi connectivity index (χ2n) is 1.75. The molecule has 0 saturated heterocycles. The van der Waals surface area contributed by atoms with E-state index in [1.54, 1.807) is 6.08 Å². The summed E-state index contributed by atoms with van der Waals surface area (Å²) < 4.78 is 0. The van der Waals surface area contributed by atoms with Crippen LogP contribution in [0.2, 0.25) is 0 Å². The lowest BCUT2D eigenvalue weighted by Crippen LogP contribution is -2.12. The zero-order chi connectivity index (χ0) is 7.11. The Balaban J connectivity index is 3.47. The molecule has 0 aromatic carbocycles. The van der Waals surface area contributed by atoms with Crippen molar-refractivity contribution in [3.05, 3.63) is 24.3 Å². The summed E-state index contributed by atoms with van der Waals surface area (Å²) >= 11 is 0. The zero-order valence-electron chi connectivity index (χ0n) is 5.55. The summed E-state index contributed by atoms with van der Waals surface area (Å²) in [5.41, 5.74) is 1.09. The first kappa shape index (κ1) is 7.95. The van der Waals surface area contributed by atoms with Crippen molar-refractivity contribution in [2.24, 2.45) is 0 Å². The summed E-state index contributed by atoms with van der Waals surface area (Å²) in [5, 5.41) is 2.54. The molecule has 0 spiro atoms. The fourth-order valence-electron chi connectivity index (χ4n) is 0.463. The molecule has 2 nitrogen and oxygen atoms in total. The normalized spacial score (nSPS) is 10.6. The van der Waals surface area contributed by atoms with Crippen molar-refractivity contribution in [3.8, 4) is 0 Å². The summed E-state index contributed by atoms with van der Waals surface area (Å²) in [5.74, 6) is 0. The van der Waals surface area contributed by atoms with Gasteiger partial charge in [-0.05, 0) is 6.92 Å². The first-order valence-corrected chi connectivity index (χ1v) is 2.76. The van der Waals surface area contributed by atoms with Crippen LogP contribution in [0.25, 0.3) is 0 Å². The maximum atomic E-state index is 9.75. The third-order valence-electron chi connectivity index (χ3n) is 0.867. The fraction of sp³-hybridized carbons (Fsp3) is 0.286. The van der Waals surface area contributed by atoms with Crippen LogP contribution in [0.4, 0.5) is 0 Å². The third-order valence-corrected chi connectivity index (χ3v) is 0.867. The van der Waals surface area contributed by atoms with Gasteiger partial charge in [-0.25, -0.2) is 0 Å². The van der Waals surface area contributed by atoms with E-state index in [2.05, 4.69) is 11.9 Å². The highest BCUT2D eigenvalue weighted by Crippen LogP contribution is 1.87. The van der Waals surface area contributed by atoms with Gasteiger partial charge in [-0.15, -0.1) is 0 Å². The highest BCUT2D eigenvalue weighted by molar-refractivity contribution is 5.46. The van der Waals surface area contributed by atoms with Crippen LogP contribution in [-0.2, 0) is 4.79 Å². The van der Waals surface area contributed by atoms with Crippen LogP contribution in [0.1, 0.15) is 6.92 Å². The second-order valence-corrected chi connectivity index (χ2v) is 1.75. The van der Waals surface area contributed by atoms with Gasteiger partial charge in [0, 0.05) is 6.54 Å². The molecule has 0 rings (SSSR count). The molecule has 0 aliphatic heterocycles. The van der Waals surface area contributed by atoms with E-state index in [1.165, 1.54) is 0 Å². The Morgan fingerprint density at radius 2 is 2.44 bits per heavy atom. The Kier molecular flexibility index (Phi) is 4.50. The maximum absolute atomic E-state index is 9.75. The van der Waals surface area contributed by atoms with Crippen molar-refractivity contribution in [1.82, 2.24) is 5.32 Å². The second kappa shape index (κ2) is 5.09. The largest absolute Gasteiger partial charge is 0.355 e. The van der Waals surface area contributed by atoms with Crippen molar-refractivity contribution in [2.45, 2.75) is 6.92 Å². The highest BCUT2D eigenvalue weighted by Gasteiger charge is 1.82. The number of carbonyl (C=O) groups is 1. The van der Waals surface area contributed by atoms with Gasteiger partial charge in [-0.1, -0.05) is 24.3 Å². The molecule has 1 N–H and O–H groups in total. The maximum Gasteiger partial charge on any atom is 0.207 e. The standard InChI is InChI=1S/C7H11NO/c1-3-4-7(2)5-8-6-9/h3-4,6H,1,5H2,2H3,(H,8,9)/b7-4+. The molecule has 0 aliphatic rings. The Morgan fingerprint density at radius 1 is 1.78 bits per heavy atom. The topological polar surface area (TPSA) is 29.1 Å². The number of allylic oxidation sites excluding steroid dienone is 2. The lowest BCUT2D eigenvalue weighted by atomic mass is 10.3. The molecule has 0 aromatic rings. The molecule has 0 unspecified atom stereocenters. The van der Waals surface area contributed by atoms with Gasteiger partial charge in [0.2, 0.25) is 6.41 Å². The van der Waals surface area contributed by atoms with E-state index < -0.39 is 0 Å². The van der Waals surface area contributed by atoms with Crippen LogP contribution in [0.5, 0.6) is 0 Å². The van der Waals surface area contributed by atoms with Gasteiger partial charge in [-0.3, -0.25) is 4.79 Å². The van der Waals surface area contributed by atoms with Gasteiger partial charge in [0.1, 0.15) is 0 Å². The quantitative estimate of drug-likeness (QED) is 0.438. The summed E-state index contributed by atoms with van der Waals surface area (Å²) in [6.07, 6.45) is 4.23. The number of hydrogen-bond donors (Lipinski definition) is 1. The first-order valence-electron chi connectivity index (χ1n) is 2.76. The van der Waals surface area contributed by atoms with E-state index in [0.29, 0.717) is 13.0 Å². The smallest absolute Gasteiger partial charge is 0.207 e. The zero-order valence-corrected chi connectivity index (χ0v) is 5.55. The van der Waals surface area contributed by atoms with Crippen LogP contribution in [0, 0.1) is 0 Å². The van der Waals surface area contributed by atoms with Gasteiger partial charge in [-0.2, -0.15) is 0 Å². The summed E-state index contributed by atoms with van der Waals surface area (Å²) in [7, 11) is 0. The van der Waals surface area contributed by atoms with Gasteiger partial charge in [0.05, 0.1) is 0 Å². The van der Waals surface area contributed by atoms with Crippen LogP contribution in [-0.4, -0.2) is 13.0 Å². The molecule has 50 valence electrons. The Labute approximate surface area is 55.3 Å². The number of carbonyl (C=O) groups excluding carboxylic acids is 1. The van der Waals surface area contributed by atoms with Crippen molar-refractivity contribution >= 4 is 6.41 Å². The van der Waals surface area contributed by atoms with Crippen molar-refractivity contribution in [2.75, 3.05) is 6.54 Å². The van der Waals surface area contributed by atoms with E-state index in [9.17, 15) is 4.79 Å². The van der Waals surface area contributed by atoms with Crippen LogP contribution in [0.15, 0.2) is 24.3 Å². The lowest BCUT2D eigenvalue weighted by Gasteiger charge is -1.94. The van der Waals surface area contributed by atoms with Gasteiger partial charge in [0.25, 0.3) is 0 Å². The molecule has 0 bridgehead atoms. The first-order chi connectivity index (χ1) is 4.31. The summed E-state index contributed by atoms with van der Waals surface area (Å²) in [4.78, 5) is 9.75. The third kappa shape index (κ3) is 4.81. The SMILES string of the molecule is C=C/C=C(\C)CNC=O. The molecule has 1 amide bonds. The molecular formula is C7H11NO. The molecule has 0 heterocycles. The van der Waals surface area contributed by atoms with E-state index in [4.69, 9.17) is 0 Å². The van der Waals surface area contributed by atoms with Crippen LogP contribution < -0.4 is 5.32 Å². The fourth-order valence-corrected chi connectivity index (χ4v) is 0.463. The highest BCUT2D eigenvalue weighted by atomic mass is 16.1. The molecule has 2 heteroatoms. The molecule has 9 heavy (non-hydrogen) atoms. The van der Waals surface area contributed by atoms with Gasteiger partial charge < -0.3 is 5.32 Å². The predicted octanol–water partition coefficient (Wildman–Crippen LogP) is 0.865. The van der Waals surface area contributed by atoms with Crippen LogP contribution in [0.3, 0.4) is 0 Å². The number of nitrogens with one attached hydrogen (secondary N) is 1. The van der Waals surface area contributed by atoms with Crippen molar-refractivity contribution in [3.63, 3.8) is 0 Å². The average Bonchev–Trinajstić information content (AvgIpc) is 1.85. The Bertz CT molecular complexity index is 127. The molecule has 0 radical (unpaired) electrons. The Morgan fingerprint density at radius 3 is 2.89 bits per heavy atom. The number of rotatable bonds is 4. The van der Waals surface area contributed by atoms with Crippen molar-refractivity contribution < 1.29 is 4.79 Å². The minimum Gasteiger partial charge on any atom is -0.355 e. The Hall–Kier alpha value is -1.05. The minimum absolute atomic E-state index is 0.607. The molecule has 0 aliphatic carbocycles. The lowest BCUT2D eigenvalue weighted by molar-refractivity contribution is -0.109. The van der Waals surface area contributed by atoms with Crippen LogP contribution >= 0.6 is 0 Å². The van der Waals surface area contributed by atoms with E-state index >= 15 is 0 Å². The predicted molar refractivity (Wildman–Crippen MR) is 38.0 cm³/mol. The van der Waals surface area contributed by atoms with E-state index in [1.807, 2.05) is 13.0 Å². The molecule has 0 aromatic heterocycles. The summed E-state index contributed by atoms with van der Waals surface area (Å²) in [6, 6.07) is 0. The molecule has 0 atom stereocenters. The molecule has 0 saturated carbocycles.